The van der Waals surface area contributed by atoms with Gasteiger partial charge in [-0.2, -0.15) is 5.10 Å². The van der Waals surface area contributed by atoms with E-state index in [2.05, 4.69) is 15.5 Å². The summed E-state index contributed by atoms with van der Waals surface area (Å²) in [7, 11) is 0. The van der Waals surface area contributed by atoms with E-state index in [0.29, 0.717) is 22.3 Å². The highest BCUT2D eigenvalue weighted by molar-refractivity contribution is 7.14. The molecule has 0 radical (unpaired) electrons. The number of halogens is 2. The molecule has 0 saturated carbocycles. The van der Waals surface area contributed by atoms with Gasteiger partial charge in [0.2, 0.25) is 5.13 Å². The maximum atomic E-state index is 13.3. The van der Waals surface area contributed by atoms with Crippen LogP contribution in [0.2, 0.25) is 0 Å². The minimum Gasteiger partial charge on any atom is -0.456 e. The molecule has 0 saturated heterocycles. The molecule has 2 aromatic carbocycles. The number of nitrogen functional groups attached to an aromatic ring is 1. The van der Waals surface area contributed by atoms with E-state index in [4.69, 9.17) is 10.5 Å². The van der Waals surface area contributed by atoms with Crippen molar-refractivity contribution in [2.45, 2.75) is 0 Å². The minimum atomic E-state index is -0.709. The minimum absolute atomic E-state index is 0.0639. The smallest absolute Gasteiger partial charge is 0.205 e. The fraction of sp³-hybridized carbons (Fsp3) is 0. The van der Waals surface area contributed by atoms with Crippen molar-refractivity contribution in [3.63, 3.8) is 0 Å². The van der Waals surface area contributed by atoms with E-state index in [-0.39, 0.29) is 5.75 Å². The largest absolute Gasteiger partial charge is 0.456 e. The van der Waals surface area contributed by atoms with Crippen LogP contribution in [0, 0.1) is 11.6 Å². The molecule has 8 heteroatoms. The number of thiazole rings is 1. The second-order valence-corrected chi connectivity index (χ2v) is 5.55. The summed E-state index contributed by atoms with van der Waals surface area (Å²) in [5, 5.41) is 6.29. The number of hydrazone groups is 1. The van der Waals surface area contributed by atoms with Gasteiger partial charge in [0.05, 0.1) is 6.21 Å². The lowest BCUT2D eigenvalue weighted by Crippen LogP contribution is -1.94. The highest BCUT2D eigenvalue weighted by atomic mass is 32.1. The van der Waals surface area contributed by atoms with Crippen LogP contribution in [-0.2, 0) is 0 Å². The van der Waals surface area contributed by atoms with E-state index < -0.39 is 11.6 Å². The lowest BCUT2D eigenvalue weighted by molar-refractivity contribution is 0.467. The Bertz CT molecular complexity index is 862. The molecule has 3 rings (SSSR count). The summed E-state index contributed by atoms with van der Waals surface area (Å²) in [6, 6.07) is 9.96. The number of nitrogens with zero attached hydrogens (tertiary/aromatic N) is 2. The zero-order chi connectivity index (χ0) is 16.9. The molecular formula is C16H12F2N4OS. The van der Waals surface area contributed by atoms with Crippen molar-refractivity contribution in [1.82, 2.24) is 4.98 Å². The van der Waals surface area contributed by atoms with Gasteiger partial charge in [-0.25, -0.2) is 13.8 Å². The van der Waals surface area contributed by atoms with E-state index >= 15 is 0 Å². The third kappa shape index (κ3) is 4.05. The molecule has 0 aliphatic heterocycles. The van der Waals surface area contributed by atoms with Crippen molar-refractivity contribution in [2.24, 2.45) is 5.10 Å². The number of para-hydroxylation sites is 1. The van der Waals surface area contributed by atoms with Crippen LogP contribution < -0.4 is 15.9 Å². The van der Waals surface area contributed by atoms with Gasteiger partial charge in [-0.05, 0) is 12.1 Å². The maximum Gasteiger partial charge on any atom is 0.205 e. The topological polar surface area (TPSA) is 72.5 Å². The molecule has 24 heavy (non-hydrogen) atoms. The van der Waals surface area contributed by atoms with Crippen molar-refractivity contribution in [3.05, 3.63) is 65.0 Å². The molecule has 0 amide bonds. The second-order valence-electron chi connectivity index (χ2n) is 4.69. The Labute approximate surface area is 140 Å². The first-order valence-electron chi connectivity index (χ1n) is 6.83. The van der Waals surface area contributed by atoms with Crippen molar-refractivity contribution < 1.29 is 13.5 Å². The van der Waals surface area contributed by atoms with Crippen molar-refractivity contribution >= 4 is 28.5 Å². The van der Waals surface area contributed by atoms with Crippen LogP contribution in [0.1, 0.15) is 5.56 Å². The summed E-state index contributed by atoms with van der Waals surface area (Å²) in [5.41, 5.74) is 8.89. The number of ether oxygens (including phenoxy) is 1. The molecular weight excluding hydrogens is 334 g/mol. The SMILES string of the molecule is Nc1csc(NN=Cc2ccccc2Oc2cc(F)cc(F)c2)n1. The zero-order valence-electron chi connectivity index (χ0n) is 12.2. The van der Waals surface area contributed by atoms with Gasteiger partial charge in [-0.3, -0.25) is 5.43 Å². The fourth-order valence-corrected chi connectivity index (χ4v) is 2.44. The number of nitrogens with two attached hydrogens (primary N) is 1. The molecule has 5 nitrogen and oxygen atoms in total. The molecule has 1 aromatic heterocycles. The highest BCUT2D eigenvalue weighted by Gasteiger charge is 2.06. The summed E-state index contributed by atoms with van der Waals surface area (Å²) >= 11 is 1.32. The Hall–Kier alpha value is -3.00. The van der Waals surface area contributed by atoms with Crippen molar-refractivity contribution in [3.8, 4) is 11.5 Å². The molecule has 0 spiro atoms. The first kappa shape index (κ1) is 15.9. The predicted molar refractivity (Wildman–Crippen MR) is 90.6 cm³/mol. The number of hydrogen-bond donors (Lipinski definition) is 2. The van der Waals surface area contributed by atoms with Gasteiger partial charge in [-0.15, -0.1) is 11.3 Å². The number of rotatable bonds is 5. The van der Waals surface area contributed by atoms with Gasteiger partial charge < -0.3 is 10.5 Å². The van der Waals surface area contributed by atoms with Crippen LogP contribution in [0.3, 0.4) is 0 Å². The zero-order valence-corrected chi connectivity index (χ0v) is 13.1. The van der Waals surface area contributed by atoms with Gasteiger partial charge in [0, 0.05) is 29.1 Å². The van der Waals surface area contributed by atoms with Crippen molar-refractivity contribution in [2.75, 3.05) is 11.2 Å². The summed E-state index contributed by atoms with van der Waals surface area (Å²) in [6.07, 6.45) is 1.52. The fourth-order valence-electron chi connectivity index (χ4n) is 1.89. The Morgan fingerprint density at radius 3 is 2.62 bits per heavy atom. The van der Waals surface area contributed by atoms with Gasteiger partial charge in [-0.1, -0.05) is 12.1 Å². The maximum absolute atomic E-state index is 13.3. The monoisotopic (exact) mass is 346 g/mol. The molecule has 122 valence electrons. The average Bonchev–Trinajstić information content (AvgIpc) is 2.93. The molecule has 3 aromatic rings. The van der Waals surface area contributed by atoms with Gasteiger partial charge in [0.1, 0.15) is 29.0 Å². The molecule has 1 heterocycles. The highest BCUT2D eigenvalue weighted by Crippen LogP contribution is 2.26. The number of nitrogens with one attached hydrogen (secondary N) is 1. The van der Waals surface area contributed by atoms with Crippen molar-refractivity contribution in [1.29, 1.82) is 0 Å². The van der Waals surface area contributed by atoms with Gasteiger partial charge in [0.25, 0.3) is 0 Å². The second kappa shape index (κ2) is 7.05. The summed E-state index contributed by atoms with van der Waals surface area (Å²) in [4.78, 5) is 4.01. The van der Waals surface area contributed by atoms with E-state index in [0.717, 1.165) is 18.2 Å². The Morgan fingerprint density at radius 2 is 1.92 bits per heavy atom. The number of anilines is 2. The van der Waals surface area contributed by atoms with Crippen LogP contribution in [0.25, 0.3) is 0 Å². The summed E-state index contributed by atoms with van der Waals surface area (Å²) in [6.45, 7) is 0. The normalized spacial score (nSPS) is 10.9. The number of aromatic nitrogens is 1. The van der Waals surface area contributed by atoms with Crippen LogP contribution in [0.4, 0.5) is 19.7 Å². The van der Waals surface area contributed by atoms with Crippen LogP contribution >= 0.6 is 11.3 Å². The molecule has 0 aliphatic rings. The lowest BCUT2D eigenvalue weighted by Gasteiger charge is -2.08. The summed E-state index contributed by atoms with van der Waals surface area (Å²) in [5.74, 6) is -0.534. The third-order valence-corrected chi connectivity index (χ3v) is 3.63. The van der Waals surface area contributed by atoms with E-state index in [1.54, 1.807) is 29.6 Å². The molecule has 0 aliphatic carbocycles. The quantitative estimate of drug-likeness (QED) is 0.535. The first-order valence-corrected chi connectivity index (χ1v) is 7.71. The molecule has 0 atom stereocenters. The van der Waals surface area contributed by atoms with Crippen LogP contribution in [-0.4, -0.2) is 11.2 Å². The molecule has 0 bridgehead atoms. The molecule has 3 N–H and O–H groups in total. The standard InChI is InChI=1S/C16H12F2N4OS/c17-11-5-12(18)7-13(6-11)23-14-4-2-1-3-10(14)8-20-22-16-21-15(19)9-24-16/h1-9H,19H2,(H,21,22). The van der Waals surface area contributed by atoms with E-state index in [1.165, 1.54) is 17.6 Å². The Morgan fingerprint density at radius 1 is 1.17 bits per heavy atom. The van der Waals surface area contributed by atoms with Gasteiger partial charge >= 0.3 is 0 Å². The lowest BCUT2D eigenvalue weighted by atomic mass is 10.2. The van der Waals surface area contributed by atoms with Crippen LogP contribution in [0.5, 0.6) is 11.5 Å². The van der Waals surface area contributed by atoms with E-state index in [9.17, 15) is 8.78 Å². The van der Waals surface area contributed by atoms with E-state index in [1.807, 2.05) is 0 Å². The third-order valence-electron chi connectivity index (χ3n) is 2.87. The molecule has 0 unspecified atom stereocenters. The first-order chi connectivity index (χ1) is 11.6. The number of benzene rings is 2. The van der Waals surface area contributed by atoms with Gasteiger partial charge in [0.15, 0.2) is 0 Å². The predicted octanol–water partition coefficient (Wildman–Crippen LogP) is 4.24. The Balaban J connectivity index is 1.77. The number of hydrogen-bond acceptors (Lipinski definition) is 6. The van der Waals surface area contributed by atoms with Crippen LogP contribution in [0.15, 0.2) is 52.9 Å². The average molecular weight is 346 g/mol. The Kier molecular flexibility index (Phi) is 4.66. The molecule has 0 fully saturated rings. The summed E-state index contributed by atoms with van der Waals surface area (Å²) < 4.78 is 32.0.